The molecule has 2 N–H and O–H groups in total. The first-order valence-corrected chi connectivity index (χ1v) is 5.98. The highest BCUT2D eigenvalue weighted by atomic mass is 16.2. The van der Waals surface area contributed by atoms with Gasteiger partial charge < -0.3 is 5.32 Å². The van der Waals surface area contributed by atoms with E-state index >= 15 is 0 Å². The zero-order valence-corrected chi connectivity index (χ0v) is 10.8. The molecule has 7 heteroatoms. The van der Waals surface area contributed by atoms with E-state index in [9.17, 15) is 19.2 Å². The molecule has 0 aliphatic carbocycles. The Morgan fingerprint density at radius 1 is 1.00 bits per heavy atom. The van der Waals surface area contributed by atoms with Gasteiger partial charge in [-0.05, 0) is 32.0 Å². The van der Waals surface area contributed by atoms with E-state index in [1.807, 2.05) is 0 Å². The molecule has 5 amide bonds. The zero-order chi connectivity index (χ0) is 14.7. The monoisotopic (exact) mass is 273 g/mol. The number of nitrogens with one attached hydrogen (secondary N) is 2. The normalized spacial score (nSPS) is 20.0. The van der Waals surface area contributed by atoms with Gasteiger partial charge in [0, 0.05) is 0 Å². The first-order valence-electron chi connectivity index (χ1n) is 5.98. The van der Waals surface area contributed by atoms with Crippen LogP contribution in [0.5, 0.6) is 0 Å². The summed E-state index contributed by atoms with van der Waals surface area (Å²) in [7, 11) is 0. The summed E-state index contributed by atoms with van der Waals surface area (Å²) in [5.41, 5.74) is -0.321. The number of carbonyl (C=O) groups excluding carboxylic acids is 4. The van der Waals surface area contributed by atoms with Crippen molar-refractivity contribution in [2.24, 2.45) is 0 Å². The van der Waals surface area contributed by atoms with Crippen LogP contribution in [0.25, 0.3) is 0 Å². The molecule has 0 radical (unpaired) electrons. The molecule has 2 aliphatic rings. The van der Waals surface area contributed by atoms with Gasteiger partial charge in [0.25, 0.3) is 17.7 Å². The molecule has 3 rings (SSSR count). The third kappa shape index (κ3) is 1.52. The Morgan fingerprint density at radius 3 is 2.25 bits per heavy atom. The average Bonchev–Trinajstić information content (AvgIpc) is 2.74. The van der Waals surface area contributed by atoms with Gasteiger partial charge in [-0.2, -0.15) is 0 Å². The van der Waals surface area contributed by atoms with Gasteiger partial charge in [-0.3, -0.25) is 19.7 Å². The number of rotatable bonds is 1. The second kappa shape index (κ2) is 3.66. The van der Waals surface area contributed by atoms with Crippen molar-refractivity contribution in [3.8, 4) is 0 Å². The van der Waals surface area contributed by atoms with Crippen molar-refractivity contribution < 1.29 is 19.2 Å². The molecule has 0 aromatic heterocycles. The Kier molecular flexibility index (Phi) is 2.26. The molecule has 1 saturated heterocycles. The van der Waals surface area contributed by atoms with Crippen LogP contribution in [0.4, 0.5) is 10.5 Å². The Morgan fingerprint density at radius 2 is 1.65 bits per heavy atom. The highest BCUT2D eigenvalue weighted by Gasteiger charge is 2.45. The Bertz CT molecular complexity index is 693. The standard InChI is InChI=1S/C13H11N3O4/c1-13(2)11(19)16(12(20)15-13)6-3-4-7-8(5-6)10(18)14-9(7)17/h3-5H,1-2H3,(H,15,20)(H,14,17,18). The molecule has 0 saturated carbocycles. The van der Waals surface area contributed by atoms with E-state index in [1.54, 1.807) is 13.8 Å². The minimum absolute atomic E-state index is 0.165. The summed E-state index contributed by atoms with van der Waals surface area (Å²) in [6.45, 7) is 3.19. The molecule has 1 aromatic carbocycles. The van der Waals surface area contributed by atoms with Gasteiger partial charge in [0.1, 0.15) is 5.54 Å². The molecule has 102 valence electrons. The Balaban J connectivity index is 2.07. The maximum atomic E-state index is 12.2. The molecular weight excluding hydrogens is 262 g/mol. The van der Waals surface area contributed by atoms with Crippen LogP contribution in [-0.4, -0.2) is 29.3 Å². The number of anilines is 1. The van der Waals surface area contributed by atoms with Crippen molar-refractivity contribution in [3.63, 3.8) is 0 Å². The summed E-state index contributed by atoms with van der Waals surface area (Å²) in [6.07, 6.45) is 0. The lowest BCUT2D eigenvalue weighted by atomic mass is 10.1. The molecule has 2 heterocycles. The summed E-state index contributed by atoms with van der Waals surface area (Å²) in [4.78, 5) is 48.0. The van der Waals surface area contributed by atoms with Crippen LogP contribution in [-0.2, 0) is 4.79 Å². The van der Waals surface area contributed by atoms with Gasteiger partial charge in [0.05, 0.1) is 16.8 Å². The summed E-state index contributed by atoms with van der Waals surface area (Å²) in [6, 6.07) is 3.71. The van der Waals surface area contributed by atoms with Crippen molar-refractivity contribution in [2.45, 2.75) is 19.4 Å². The van der Waals surface area contributed by atoms with E-state index in [1.165, 1.54) is 18.2 Å². The predicted molar refractivity (Wildman–Crippen MR) is 68.3 cm³/mol. The number of urea groups is 1. The van der Waals surface area contributed by atoms with Gasteiger partial charge >= 0.3 is 6.03 Å². The minimum Gasteiger partial charge on any atom is -0.323 e. The van der Waals surface area contributed by atoms with E-state index in [4.69, 9.17) is 0 Å². The molecule has 0 atom stereocenters. The zero-order valence-electron chi connectivity index (χ0n) is 10.8. The lowest BCUT2D eigenvalue weighted by molar-refractivity contribution is -0.121. The van der Waals surface area contributed by atoms with E-state index in [2.05, 4.69) is 10.6 Å². The molecular formula is C13H11N3O4. The molecule has 0 bridgehead atoms. The lowest BCUT2D eigenvalue weighted by Gasteiger charge is -2.16. The fourth-order valence-electron chi connectivity index (χ4n) is 2.28. The summed E-state index contributed by atoms with van der Waals surface area (Å²) in [5, 5.41) is 4.71. The van der Waals surface area contributed by atoms with E-state index in [0.717, 1.165) is 4.90 Å². The smallest absolute Gasteiger partial charge is 0.323 e. The minimum atomic E-state index is -0.992. The maximum Gasteiger partial charge on any atom is 0.329 e. The van der Waals surface area contributed by atoms with Crippen molar-refractivity contribution in [1.29, 1.82) is 0 Å². The van der Waals surface area contributed by atoms with E-state index in [0.29, 0.717) is 0 Å². The number of benzene rings is 1. The Labute approximate surface area is 113 Å². The fourth-order valence-corrected chi connectivity index (χ4v) is 2.28. The third-order valence-corrected chi connectivity index (χ3v) is 3.34. The molecule has 0 unspecified atom stereocenters. The van der Waals surface area contributed by atoms with E-state index in [-0.39, 0.29) is 16.8 Å². The van der Waals surface area contributed by atoms with Crippen molar-refractivity contribution in [2.75, 3.05) is 4.90 Å². The highest BCUT2D eigenvalue weighted by molar-refractivity contribution is 6.25. The summed E-state index contributed by atoms with van der Waals surface area (Å²) < 4.78 is 0. The first-order chi connectivity index (χ1) is 9.31. The number of fused-ring (bicyclic) bond motifs is 1. The van der Waals surface area contributed by atoms with Gasteiger partial charge in [-0.25, -0.2) is 9.69 Å². The SMILES string of the molecule is CC1(C)NC(=O)N(c2ccc3c(c2)C(=O)NC3=O)C1=O. The van der Waals surface area contributed by atoms with Gasteiger partial charge in [0.2, 0.25) is 0 Å². The Hall–Kier alpha value is -2.70. The van der Waals surface area contributed by atoms with Crippen LogP contribution in [0.2, 0.25) is 0 Å². The first kappa shape index (κ1) is 12.3. The summed E-state index contributed by atoms with van der Waals surface area (Å²) in [5.74, 6) is -1.42. The van der Waals surface area contributed by atoms with Crippen molar-refractivity contribution >= 4 is 29.4 Å². The quantitative estimate of drug-likeness (QED) is 0.572. The van der Waals surface area contributed by atoms with E-state index < -0.39 is 29.3 Å². The van der Waals surface area contributed by atoms with Gasteiger partial charge in [-0.1, -0.05) is 0 Å². The second-order valence-corrected chi connectivity index (χ2v) is 5.21. The van der Waals surface area contributed by atoms with Gasteiger partial charge in [-0.15, -0.1) is 0 Å². The molecule has 1 aromatic rings. The van der Waals surface area contributed by atoms with Crippen LogP contribution in [0, 0.1) is 0 Å². The van der Waals surface area contributed by atoms with Crippen LogP contribution in [0.15, 0.2) is 18.2 Å². The van der Waals surface area contributed by atoms with Crippen LogP contribution in [0.1, 0.15) is 34.6 Å². The second-order valence-electron chi connectivity index (χ2n) is 5.21. The number of hydrogen-bond acceptors (Lipinski definition) is 4. The maximum absolute atomic E-state index is 12.2. The lowest BCUT2D eigenvalue weighted by Crippen LogP contribution is -2.40. The fraction of sp³-hybridized carbons (Fsp3) is 0.231. The number of carbonyl (C=O) groups is 4. The molecule has 0 spiro atoms. The topological polar surface area (TPSA) is 95.6 Å². The number of amides is 5. The van der Waals surface area contributed by atoms with Gasteiger partial charge in [0.15, 0.2) is 0 Å². The molecule has 1 fully saturated rings. The molecule has 7 nitrogen and oxygen atoms in total. The molecule has 2 aliphatic heterocycles. The third-order valence-electron chi connectivity index (χ3n) is 3.34. The number of imide groups is 2. The highest BCUT2D eigenvalue weighted by Crippen LogP contribution is 2.28. The predicted octanol–water partition coefficient (Wildman–Crippen LogP) is 0.405. The molecule has 20 heavy (non-hydrogen) atoms. The van der Waals surface area contributed by atoms with Crippen molar-refractivity contribution in [1.82, 2.24) is 10.6 Å². The number of hydrogen-bond donors (Lipinski definition) is 2. The van der Waals surface area contributed by atoms with Crippen LogP contribution < -0.4 is 15.5 Å². The van der Waals surface area contributed by atoms with Crippen molar-refractivity contribution in [3.05, 3.63) is 29.3 Å². The van der Waals surface area contributed by atoms with Crippen LogP contribution in [0.3, 0.4) is 0 Å². The summed E-state index contributed by atoms with van der Waals surface area (Å²) >= 11 is 0. The van der Waals surface area contributed by atoms with Crippen LogP contribution >= 0.6 is 0 Å². The number of nitrogens with zero attached hydrogens (tertiary/aromatic N) is 1. The average molecular weight is 273 g/mol. The largest absolute Gasteiger partial charge is 0.329 e.